The number of amides is 1. The first-order valence-corrected chi connectivity index (χ1v) is 10.6. The zero-order valence-corrected chi connectivity index (χ0v) is 17.2. The molecule has 3 heterocycles. The van der Waals surface area contributed by atoms with E-state index < -0.39 is 0 Å². The third kappa shape index (κ3) is 4.68. The maximum absolute atomic E-state index is 12.7. The molecule has 3 rings (SSSR count). The Morgan fingerprint density at radius 1 is 1.20 bits per heavy atom. The van der Waals surface area contributed by atoms with E-state index in [0.717, 1.165) is 49.7 Å². The molecule has 0 radical (unpaired) electrons. The van der Waals surface area contributed by atoms with E-state index in [1.165, 1.54) is 9.88 Å². The van der Waals surface area contributed by atoms with Crippen LogP contribution in [0.5, 0.6) is 0 Å². The Balaban J connectivity index is 1.58. The molecule has 0 aromatic carbocycles. The lowest BCUT2D eigenvalue weighted by Crippen LogP contribution is -2.34. The van der Waals surface area contributed by atoms with Gasteiger partial charge in [0, 0.05) is 48.4 Å². The number of aromatic nitrogens is 1. The molecule has 0 N–H and O–H groups in total. The van der Waals surface area contributed by atoms with Crippen LogP contribution in [0, 0.1) is 6.92 Å². The first-order chi connectivity index (χ1) is 11.8. The fourth-order valence-corrected chi connectivity index (χ4v) is 4.72. The lowest BCUT2D eigenvalue weighted by atomic mass is 9.98. The molecule has 1 aliphatic heterocycles. The SMILES string of the molecule is Cc1ccc(C(=O)N2CCCN(Cc3csc(C(C)(C)C)n3)CC2)s1. The highest BCUT2D eigenvalue weighted by Gasteiger charge is 2.23. The van der Waals surface area contributed by atoms with Crippen molar-refractivity contribution in [3.63, 3.8) is 0 Å². The fourth-order valence-electron chi connectivity index (χ4n) is 2.99. The summed E-state index contributed by atoms with van der Waals surface area (Å²) in [4.78, 5) is 23.9. The van der Waals surface area contributed by atoms with E-state index in [-0.39, 0.29) is 11.3 Å². The summed E-state index contributed by atoms with van der Waals surface area (Å²) in [6.45, 7) is 13.1. The molecule has 0 unspecified atom stereocenters. The molecule has 136 valence electrons. The van der Waals surface area contributed by atoms with Crippen molar-refractivity contribution in [2.45, 2.75) is 46.1 Å². The zero-order chi connectivity index (χ0) is 18.0. The van der Waals surface area contributed by atoms with Crippen LogP contribution in [0.1, 0.15) is 52.4 Å². The Bertz CT molecular complexity index is 729. The largest absolute Gasteiger partial charge is 0.337 e. The number of thiazole rings is 1. The molecule has 4 nitrogen and oxygen atoms in total. The predicted octanol–water partition coefficient (Wildman–Crippen LogP) is 4.16. The minimum Gasteiger partial charge on any atom is -0.337 e. The normalized spacial score (nSPS) is 16.9. The summed E-state index contributed by atoms with van der Waals surface area (Å²) in [6, 6.07) is 3.98. The molecule has 2 aromatic heterocycles. The van der Waals surface area contributed by atoms with Crippen molar-refractivity contribution in [2.24, 2.45) is 0 Å². The second-order valence-electron chi connectivity index (χ2n) is 7.73. The molecule has 0 bridgehead atoms. The highest BCUT2D eigenvalue weighted by molar-refractivity contribution is 7.13. The molecule has 0 saturated carbocycles. The minimum atomic E-state index is 0.115. The number of thiophene rings is 1. The van der Waals surface area contributed by atoms with Gasteiger partial charge in [0.15, 0.2) is 0 Å². The lowest BCUT2D eigenvalue weighted by Gasteiger charge is -2.21. The van der Waals surface area contributed by atoms with Crippen LogP contribution in [0.15, 0.2) is 17.5 Å². The standard InChI is InChI=1S/C19H27N3OS2/c1-14-6-7-16(25-14)17(23)22-9-5-8-21(10-11-22)12-15-13-24-18(20-15)19(2,3)4/h6-7,13H,5,8-12H2,1-4H3. The Morgan fingerprint density at radius 2 is 2.00 bits per heavy atom. The topological polar surface area (TPSA) is 36.4 Å². The van der Waals surface area contributed by atoms with Gasteiger partial charge in [-0.3, -0.25) is 9.69 Å². The molecule has 1 saturated heterocycles. The van der Waals surface area contributed by atoms with E-state index in [0.29, 0.717) is 0 Å². The molecule has 2 aromatic rings. The summed E-state index contributed by atoms with van der Waals surface area (Å²) >= 11 is 3.35. The molecule has 0 spiro atoms. The smallest absolute Gasteiger partial charge is 0.263 e. The van der Waals surface area contributed by atoms with Crippen LogP contribution in [-0.4, -0.2) is 46.9 Å². The molecule has 25 heavy (non-hydrogen) atoms. The maximum atomic E-state index is 12.7. The number of hydrogen-bond acceptors (Lipinski definition) is 5. The molecule has 0 aliphatic carbocycles. The first kappa shape index (κ1) is 18.5. The average Bonchev–Trinajstić information content (AvgIpc) is 3.12. The van der Waals surface area contributed by atoms with E-state index in [4.69, 9.17) is 4.98 Å². The van der Waals surface area contributed by atoms with Gasteiger partial charge < -0.3 is 4.90 Å². The molecule has 1 fully saturated rings. The second kappa shape index (κ2) is 7.56. The van der Waals surface area contributed by atoms with Crippen LogP contribution >= 0.6 is 22.7 Å². The number of rotatable bonds is 3. The summed E-state index contributed by atoms with van der Waals surface area (Å²) in [5.41, 5.74) is 1.27. The van der Waals surface area contributed by atoms with Crippen molar-refractivity contribution in [1.29, 1.82) is 0 Å². The average molecular weight is 378 g/mol. The van der Waals surface area contributed by atoms with E-state index in [2.05, 4.69) is 31.1 Å². The molecule has 0 atom stereocenters. The van der Waals surface area contributed by atoms with Gasteiger partial charge in [0.05, 0.1) is 15.6 Å². The number of hydrogen-bond donors (Lipinski definition) is 0. The van der Waals surface area contributed by atoms with Gasteiger partial charge in [0.25, 0.3) is 5.91 Å². The van der Waals surface area contributed by atoms with Crippen molar-refractivity contribution in [3.05, 3.63) is 38.0 Å². The van der Waals surface area contributed by atoms with Crippen molar-refractivity contribution in [2.75, 3.05) is 26.2 Å². The molecule has 1 aliphatic rings. The van der Waals surface area contributed by atoms with Crippen molar-refractivity contribution in [1.82, 2.24) is 14.8 Å². The van der Waals surface area contributed by atoms with Crippen molar-refractivity contribution < 1.29 is 4.79 Å². The Kier molecular flexibility index (Phi) is 5.61. The van der Waals surface area contributed by atoms with Gasteiger partial charge >= 0.3 is 0 Å². The van der Waals surface area contributed by atoms with E-state index in [1.807, 2.05) is 24.0 Å². The van der Waals surface area contributed by atoms with E-state index >= 15 is 0 Å². The molecular weight excluding hydrogens is 350 g/mol. The Labute approximate surface area is 158 Å². The van der Waals surface area contributed by atoms with Gasteiger partial charge in [0.2, 0.25) is 0 Å². The number of carbonyl (C=O) groups is 1. The zero-order valence-electron chi connectivity index (χ0n) is 15.5. The molecule has 1 amide bonds. The minimum absolute atomic E-state index is 0.115. The summed E-state index contributed by atoms with van der Waals surface area (Å²) in [5.74, 6) is 0.184. The number of nitrogens with zero attached hydrogens (tertiary/aromatic N) is 3. The van der Waals surface area contributed by atoms with Crippen LogP contribution in [0.4, 0.5) is 0 Å². The van der Waals surface area contributed by atoms with Gasteiger partial charge in [-0.15, -0.1) is 22.7 Å². The van der Waals surface area contributed by atoms with Gasteiger partial charge in [-0.2, -0.15) is 0 Å². The number of aryl methyl sites for hydroxylation is 1. The van der Waals surface area contributed by atoms with Gasteiger partial charge in [-0.1, -0.05) is 20.8 Å². The monoisotopic (exact) mass is 377 g/mol. The van der Waals surface area contributed by atoms with E-state index in [9.17, 15) is 4.79 Å². The molecular formula is C19H27N3OS2. The maximum Gasteiger partial charge on any atom is 0.263 e. The van der Waals surface area contributed by atoms with Crippen molar-refractivity contribution in [3.8, 4) is 0 Å². The van der Waals surface area contributed by atoms with Gasteiger partial charge in [-0.05, 0) is 25.5 Å². The lowest BCUT2D eigenvalue weighted by molar-refractivity contribution is 0.0766. The van der Waals surface area contributed by atoms with Crippen LogP contribution in [0.25, 0.3) is 0 Å². The Hall–Kier alpha value is -1.24. The van der Waals surface area contributed by atoms with E-state index in [1.54, 1.807) is 22.7 Å². The van der Waals surface area contributed by atoms with Gasteiger partial charge in [-0.25, -0.2) is 4.98 Å². The van der Waals surface area contributed by atoms with Gasteiger partial charge in [0.1, 0.15) is 0 Å². The second-order valence-corrected chi connectivity index (χ2v) is 9.87. The third-order valence-corrected chi connectivity index (χ3v) is 6.71. The number of carbonyl (C=O) groups excluding carboxylic acids is 1. The Morgan fingerprint density at radius 3 is 2.64 bits per heavy atom. The first-order valence-electron chi connectivity index (χ1n) is 8.86. The quantitative estimate of drug-likeness (QED) is 0.806. The van der Waals surface area contributed by atoms with Crippen LogP contribution in [0.2, 0.25) is 0 Å². The van der Waals surface area contributed by atoms with Crippen LogP contribution in [-0.2, 0) is 12.0 Å². The fraction of sp³-hybridized carbons (Fsp3) is 0.579. The third-order valence-electron chi connectivity index (χ3n) is 4.41. The highest BCUT2D eigenvalue weighted by atomic mass is 32.1. The summed E-state index contributed by atoms with van der Waals surface area (Å²) in [7, 11) is 0. The van der Waals surface area contributed by atoms with Crippen molar-refractivity contribution >= 4 is 28.6 Å². The molecule has 6 heteroatoms. The summed E-state index contributed by atoms with van der Waals surface area (Å²) in [5, 5.41) is 3.38. The highest BCUT2D eigenvalue weighted by Crippen LogP contribution is 2.26. The summed E-state index contributed by atoms with van der Waals surface area (Å²) < 4.78 is 0. The van der Waals surface area contributed by atoms with Crippen LogP contribution in [0.3, 0.4) is 0 Å². The summed E-state index contributed by atoms with van der Waals surface area (Å²) in [6.07, 6.45) is 1.02. The predicted molar refractivity (Wildman–Crippen MR) is 106 cm³/mol. The van der Waals surface area contributed by atoms with Crippen LogP contribution < -0.4 is 0 Å².